The number of ether oxygens (including phenoxy) is 1. The number of piperidine rings is 1. The lowest BCUT2D eigenvalue weighted by Gasteiger charge is -2.46. The second-order valence-electron chi connectivity index (χ2n) is 11.0. The highest BCUT2D eigenvalue weighted by Gasteiger charge is 2.43. The quantitative estimate of drug-likeness (QED) is 0.239. The smallest absolute Gasteiger partial charge is 0.404 e. The van der Waals surface area contributed by atoms with Crippen LogP contribution in [0, 0.1) is 11.8 Å². The summed E-state index contributed by atoms with van der Waals surface area (Å²) in [5.41, 5.74) is 0.324. The first-order chi connectivity index (χ1) is 18.4. The van der Waals surface area contributed by atoms with Gasteiger partial charge in [0.15, 0.2) is 0 Å². The number of carbonyl (C=O) groups is 2. The van der Waals surface area contributed by atoms with Gasteiger partial charge in [-0.05, 0) is 56.3 Å². The number of rotatable bonds is 13. The van der Waals surface area contributed by atoms with Crippen LogP contribution < -0.4 is 16.0 Å². The monoisotopic (exact) mass is 550 g/mol. The van der Waals surface area contributed by atoms with Crippen LogP contribution in [0.25, 0.3) is 0 Å². The summed E-state index contributed by atoms with van der Waals surface area (Å²) < 4.78 is 6.60. The summed E-state index contributed by atoms with van der Waals surface area (Å²) in [5.74, 6) is 0.746. The van der Waals surface area contributed by atoms with E-state index in [9.17, 15) is 9.59 Å². The second-order valence-corrected chi connectivity index (χ2v) is 11.4. The van der Waals surface area contributed by atoms with Crippen LogP contribution in [0.5, 0.6) is 0 Å². The number of hydrogen-bond donors (Lipinski definition) is 4. The van der Waals surface area contributed by atoms with Crippen molar-refractivity contribution in [3.63, 3.8) is 0 Å². The third kappa shape index (κ3) is 8.75. The molecule has 1 saturated carbocycles. The number of carboxylic acid groups (broad SMARTS) is 1. The van der Waals surface area contributed by atoms with Crippen LogP contribution in [0.4, 0.5) is 9.59 Å². The average molecular weight is 551 g/mol. The Balaban J connectivity index is 1.76. The fourth-order valence-electron chi connectivity index (χ4n) is 6.44. The molecule has 1 aliphatic carbocycles. The normalized spacial score (nSPS) is 20.9. The van der Waals surface area contributed by atoms with Crippen molar-refractivity contribution in [3.8, 4) is 0 Å². The van der Waals surface area contributed by atoms with Gasteiger partial charge in [-0.2, -0.15) is 0 Å². The summed E-state index contributed by atoms with van der Waals surface area (Å²) in [6, 6.07) is 7.88. The van der Waals surface area contributed by atoms with E-state index in [1.165, 1.54) is 32.1 Å². The van der Waals surface area contributed by atoms with Gasteiger partial charge in [0.2, 0.25) is 0 Å². The molecule has 1 aromatic rings. The van der Waals surface area contributed by atoms with Gasteiger partial charge in [0, 0.05) is 43.2 Å². The highest BCUT2D eigenvalue weighted by Crippen LogP contribution is 2.43. The summed E-state index contributed by atoms with van der Waals surface area (Å²) in [6.07, 6.45) is 9.84. The van der Waals surface area contributed by atoms with Gasteiger partial charge in [-0.3, -0.25) is 0 Å². The number of nitrogens with zero attached hydrogens (tertiary/aromatic N) is 1. The first-order valence-electron chi connectivity index (χ1n) is 14.4. The minimum Gasteiger partial charge on any atom is -0.465 e. The van der Waals surface area contributed by atoms with Crippen molar-refractivity contribution < 1.29 is 19.4 Å². The summed E-state index contributed by atoms with van der Waals surface area (Å²) >= 11 is 6.41. The average Bonchev–Trinajstić information content (AvgIpc) is 2.91. The van der Waals surface area contributed by atoms with E-state index in [0.717, 1.165) is 50.8 Å². The van der Waals surface area contributed by atoms with Gasteiger partial charge < -0.3 is 30.7 Å². The fraction of sp³-hybridized carbons (Fsp3) is 0.724. The Hall–Kier alpha value is -2.03. The molecule has 9 heteroatoms. The molecule has 3 amide bonds. The van der Waals surface area contributed by atoms with Crippen LogP contribution in [0.3, 0.4) is 0 Å². The number of amides is 3. The predicted molar refractivity (Wildman–Crippen MR) is 152 cm³/mol. The summed E-state index contributed by atoms with van der Waals surface area (Å²) in [6.45, 7) is 4.63. The SMILES string of the molecule is CCCC(OCCNC(=O)O)(c1cccc(Cl)c1)C1CCCN(C(=O)NC(CNC)CC2CCCCC2)C1. The Morgan fingerprint density at radius 2 is 2.00 bits per heavy atom. The van der Waals surface area contributed by atoms with E-state index in [2.05, 4.69) is 22.9 Å². The molecule has 214 valence electrons. The van der Waals surface area contributed by atoms with Crippen molar-refractivity contribution in [2.75, 3.05) is 39.8 Å². The zero-order chi connectivity index (χ0) is 27.4. The molecule has 2 aliphatic rings. The van der Waals surface area contributed by atoms with Crippen molar-refractivity contribution in [2.45, 2.75) is 82.8 Å². The molecule has 38 heavy (non-hydrogen) atoms. The highest BCUT2D eigenvalue weighted by molar-refractivity contribution is 6.30. The lowest BCUT2D eigenvalue weighted by atomic mass is 9.74. The molecule has 0 spiro atoms. The molecule has 3 rings (SSSR count). The number of benzene rings is 1. The Labute approximate surface area is 233 Å². The number of nitrogens with one attached hydrogen (secondary N) is 3. The summed E-state index contributed by atoms with van der Waals surface area (Å²) in [7, 11) is 1.94. The number of halogens is 1. The molecular formula is C29H47ClN4O4. The van der Waals surface area contributed by atoms with E-state index in [1.807, 2.05) is 36.2 Å². The maximum Gasteiger partial charge on any atom is 0.404 e. The molecule has 1 aromatic carbocycles. The summed E-state index contributed by atoms with van der Waals surface area (Å²) in [5, 5.41) is 18.7. The summed E-state index contributed by atoms with van der Waals surface area (Å²) in [4.78, 5) is 26.5. The van der Waals surface area contributed by atoms with Crippen molar-refractivity contribution in [2.24, 2.45) is 11.8 Å². The molecule has 1 aliphatic heterocycles. The largest absolute Gasteiger partial charge is 0.465 e. The number of carbonyl (C=O) groups excluding carboxylic acids is 1. The molecule has 3 unspecified atom stereocenters. The topological polar surface area (TPSA) is 103 Å². The van der Waals surface area contributed by atoms with Gasteiger partial charge >= 0.3 is 12.1 Å². The van der Waals surface area contributed by atoms with Crippen molar-refractivity contribution in [1.29, 1.82) is 0 Å². The maximum absolute atomic E-state index is 13.5. The van der Waals surface area contributed by atoms with Gasteiger partial charge in [0.05, 0.1) is 12.2 Å². The van der Waals surface area contributed by atoms with E-state index in [1.54, 1.807) is 0 Å². The van der Waals surface area contributed by atoms with Crippen LogP contribution in [-0.2, 0) is 10.3 Å². The molecule has 2 fully saturated rings. The van der Waals surface area contributed by atoms with E-state index in [-0.39, 0.29) is 31.1 Å². The molecule has 1 saturated heterocycles. The standard InChI is InChI=1S/C29H47ClN4O4/c1-3-14-29(38-17-15-32-28(36)37,23-11-7-13-25(30)19-23)24-12-8-16-34(21-24)27(35)33-26(20-31-2)18-22-9-5-4-6-10-22/h7,11,13,19,22,24,26,31-32H,3-6,8-10,12,14-18,20-21H2,1-2H3,(H,33,35)(H,36,37). The first-order valence-corrected chi connectivity index (χ1v) is 14.8. The Kier molecular flexibility index (Phi) is 12.5. The van der Waals surface area contributed by atoms with Crippen LogP contribution in [0.15, 0.2) is 24.3 Å². The minimum absolute atomic E-state index is 0.00482. The van der Waals surface area contributed by atoms with Gasteiger partial charge in [0.1, 0.15) is 0 Å². The van der Waals surface area contributed by atoms with E-state index < -0.39 is 11.7 Å². The van der Waals surface area contributed by atoms with E-state index in [0.29, 0.717) is 17.5 Å². The molecule has 0 radical (unpaired) electrons. The maximum atomic E-state index is 13.5. The third-order valence-corrected chi connectivity index (χ3v) is 8.40. The molecule has 1 heterocycles. The molecule has 0 bridgehead atoms. The van der Waals surface area contributed by atoms with Gasteiger partial charge in [-0.1, -0.05) is 69.2 Å². The lowest BCUT2D eigenvalue weighted by molar-refractivity contribution is -0.112. The molecule has 4 N–H and O–H groups in total. The van der Waals surface area contributed by atoms with Crippen molar-refractivity contribution in [1.82, 2.24) is 20.9 Å². The molecule has 3 atom stereocenters. The first kappa shape index (κ1) is 30.5. The number of likely N-dealkylation sites (N-methyl/N-ethyl adjacent to an activating group) is 1. The zero-order valence-corrected chi connectivity index (χ0v) is 23.9. The third-order valence-electron chi connectivity index (χ3n) is 8.16. The molecule has 0 aromatic heterocycles. The van der Waals surface area contributed by atoms with Crippen LogP contribution >= 0.6 is 11.6 Å². The number of hydrogen-bond acceptors (Lipinski definition) is 4. The molecule has 8 nitrogen and oxygen atoms in total. The molecular weight excluding hydrogens is 504 g/mol. The predicted octanol–water partition coefficient (Wildman–Crippen LogP) is 5.60. The number of urea groups is 1. The Morgan fingerprint density at radius 3 is 2.68 bits per heavy atom. The number of likely N-dealkylation sites (tertiary alicyclic amines) is 1. The van der Waals surface area contributed by atoms with Gasteiger partial charge in [-0.15, -0.1) is 0 Å². The van der Waals surface area contributed by atoms with Crippen LogP contribution in [-0.4, -0.2) is 68.0 Å². The highest BCUT2D eigenvalue weighted by atomic mass is 35.5. The van der Waals surface area contributed by atoms with E-state index >= 15 is 0 Å². The Bertz CT molecular complexity index is 882. The van der Waals surface area contributed by atoms with Crippen LogP contribution in [0.1, 0.15) is 76.7 Å². The zero-order valence-electron chi connectivity index (χ0n) is 23.1. The van der Waals surface area contributed by atoms with Crippen molar-refractivity contribution in [3.05, 3.63) is 34.9 Å². The van der Waals surface area contributed by atoms with Crippen molar-refractivity contribution >= 4 is 23.7 Å². The fourth-order valence-corrected chi connectivity index (χ4v) is 6.64. The lowest BCUT2D eigenvalue weighted by Crippen LogP contribution is -2.54. The van der Waals surface area contributed by atoms with E-state index in [4.69, 9.17) is 21.4 Å². The minimum atomic E-state index is -1.07. The second kappa shape index (κ2) is 15.5. The van der Waals surface area contributed by atoms with Gasteiger partial charge in [-0.25, -0.2) is 9.59 Å². The van der Waals surface area contributed by atoms with Gasteiger partial charge in [0.25, 0.3) is 0 Å². The van der Waals surface area contributed by atoms with Crippen LogP contribution in [0.2, 0.25) is 5.02 Å². The Morgan fingerprint density at radius 1 is 1.21 bits per heavy atom.